The minimum atomic E-state index is -0.0374. The molecular formula is C11H15NO3. The third-order valence-corrected chi connectivity index (χ3v) is 2.46. The summed E-state index contributed by atoms with van der Waals surface area (Å²) in [6.45, 7) is 2.70. The molecular weight excluding hydrogens is 194 g/mol. The van der Waals surface area contributed by atoms with E-state index in [-0.39, 0.29) is 12.8 Å². The number of hydrogen-bond donors (Lipinski definition) is 1. The topological polar surface area (TPSA) is 53.7 Å². The Balaban J connectivity index is 2.48. The van der Waals surface area contributed by atoms with Crippen molar-refractivity contribution in [1.29, 1.82) is 0 Å². The average molecular weight is 209 g/mol. The summed E-state index contributed by atoms with van der Waals surface area (Å²) < 4.78 is 15.9. The second kappa shape index (κ2) is 4.08. The smallest absolute Gasteiger partial charge is 0.231 e. The van der Waals surface area contributed by atoms with E-state index in [0.29, 0.717) is 6.61 Å². The molecule has 1 aromatic rings. The van der Waals surface area contributed by atoms with E-state index in [2.05, 4.69) is 0 Å². The maximum absolute atomic E-state index is 5.89. The lowest BCUT2D eigenvalue weighted by Crippen LogP contribution is -2.09. The van der Waals surface area contributed by atoms with Gasteiger partial charge in [0.05, 0.1) is 6.61 Å². The standard InChI is InChI=1S/C11H15NO3/c1-7(12)8-3-4-10-11(15-6-14-10)9(8)5-13-2/h3-4,7H,5-6,12H2,1-2H3. The number of hydrogen-bond acceptors (Lipinski definition) is 4. The molecule has 15 heavy (non-hydrogen) atoms. The van der Waals surface area contributed by atoms with E-state index < -0.39 is 0 Å². The van der Waals surface area contributed by atoms with E-state index in [1.165, 1.54) is 0 Å². The van der Waals surface area contributed by atoms with Gasteiger partial charge in [-0.1, -0.05) is 6.07 Å². The lowest BCUT2D eigenvalue weighted by Gasteiger charge is -2.14. The molecule has 1 atom stereocenters. The zero-order chi connectivity index (χ0) is 10.8. The van der Waals surface area contributed by atoms with Crippen LogP contribution in [-0.4, -0.2) is 13.9 Å². The van der Waals surface area contributed by atoms with Crippen LogP contribution in [-0.2, 0) is 11.3 Å². The molecule has 4 heteroatoms. The van der Waals surface area contributed by atoms with Crippen LogP contribution in [0.25, 0.3) is 0 Å². The van der Waals surface area contributed by atoms with Crippen LogP contribution in [0.2, 0.25) is 0 Å². The van der Waals surface area contributed by atoms with Gasteiger partial charge in [-0.15, -0.1) is 0 Å². The van der Waals surface area contributed by atoms with Crippen LogP contribution < -0.4 is 15.2 Å². The number of fused-ring (bicyclic) bond motifs is 1. The predicted octanol–water partition coefficient (Wildman–Crippen LogP) is 1.58. The molecule has 0 fully saturated rings. The fraction of sp³-hybridized carbons (Fsp3) is 0.455. The van der Waals surface area contributed by atoms with Gasteiger partial charge in [0.15, 0.2) is 11.5 Å². The van der Waals surface area contributed by atoms with E-state index >= 15 is 0 Å². The molecule has 1 heterocycles. The van der Waals surface area contributed by atoms with Gasteiger partial charge in [0, 0.05) is 18.7 Å². The Kier molecular flexibility index (Phi) is 2.79. The molecule has 2 rings (SSSR count). The highest BCUT2D eigenvalue weighted by Gasteiger charge is 2.21. The first-order valence-corrected chi connectivity index (χ1v) is 4.90. The molecule has 4 nitrogen and oxygen atoms in total. The minimum Gasteiger partial charge on any atom is -0.454 e. The summed E-state index contributed by atoms with van der Waals surface area (Å²) in [4.78, 5) is 0. The molecule has 0 amide bonds. The molecule has 0 saturated heterocycles. The number of ether oxygens (including phenoxy) is 3. The SMILES string of the molecule is COCc1c(C(C)N)ccc2c1OCO2. The second-order valence-electron chi connectivity index (χ2n) is 3.59. The summed E-state index contributed by atoms with van der Waals surface area (Å²) in [6, 6.07) is 3.82. The maximum atomic E-state index is 5.89. The summed E-state index contributed by atoms with van der Waals surface area (Å²) in [6.07, 6.45) is 0. The zero-order valence-electron chi connectivity index (χ0n) is 8.95. The first kappa shape index (κ1) is 10.3. The van der Waals surface area contributed by atoms with Crippen molar-refractivity contribution in [1.82, 2.24) is 0 Å². The van der Waals surface area contributed by atoms with E-state index in [1.54, 1.807) is 7.11 Å². The first-order chi connectivity index (χ1) is 7.24. The van der Waals surface area contributed by atoms with Crippen LogP contribution >= 0.6 is 0 Å². The van der Waals surface area contributed by atoms with Crippen molar-refractivity contribution in [3.05, 3.63) is 23.3 Å². The summed E-state index contributed by atoms with van der Waals surface area (Å²) in [5, 5.41) is 0. The maximum Gasteiger partial charge on any atom is 0.231 e. The highest BCUT2D eigenvalue weighted by Crippen LogP contribution is 2.39. The van der Waals surface area contributed by atoms with Crippen LogP contribution in [0.3, 0.4) is 0 Å². The van der Waals surface area contributed by atoms with Gasteiger partial charge in [0.1, 0.15) is 0 Å². The Labute approximate surface area is 88.9 Å². The quantitative estimate of drug-likeness (QED) is 0.821. The van der Waals surface area contributed by atoms with Crippen molar-refractivity contribution in [2.24, 2.45) is 5.73 Å². The Bertz CT molecular complexity index is 363. The van der Waals surface area contributed by atoms with E-state index in [1.807, 2.05) is 19.1 Å². The summed E-state index contributed by atoms with van der Waals surface area (Å²) >= 11 is 0. The van der Waals surface area contributed by atoms with E-state index in [9.17, 15) is 0 Å². The molecule has 82 valence electrons. The predicted molar refractivity (Wildman–Crippen MR) is 55.9 cm³/mol. The number of rotatable bonds is 3. The molecule has 0 saturated carbocycles. The Morgan fingerprint density at radius 2 is 2.27 bits per heavy atom. The van der Waals surface area contributed by atoms with Gasteiger partial charge < -0.3 is 19.9 Å². The van der Waals surface area contributed by atoms with Crippen molar-refractivity contribution in [3.63, 3.8) is 0 Å². The molecule has 1 unspecified atom stereocenters. The third-order valence-electron chi connectivity index (χ3n) is 2.46. The highest BCUT2D eigenvalue weighted by atomic mass is 16.7. The van der Waals surface area contributed by atoms with E-state index in [4.69, 9.17) is 19.9 Å². The largest absolute Gasteiger partial charge is 0.454 e. The monoisotopic (exact) mass is 209 g/mol. The Hall–Kier alpha value is -1.26. The summed E-state index contributed by atoms with van der Waals surface area (Å²) in [7, 11) is 1.65. The van der Waals surface area contributed by atoms with E-state index in [0.717, 1.165) is 22.6 Å². The summed E-state index contributed by atoms with van der Waals surface area (Å²) in [5.41, 5.74) is 7.92. The number of methoxy groups -OCH3 is 1. The van der Waals surface area contributed by atoms with Crippen LogP contribution in [0.15, 0.2) is 12.1 Å². The Morgan fingerprint density at radius 3 is 2.93 bits per heavy atom. The number of benzene rings is 1. The van der Waals surface area contributed by atoms with Gasteiger partial charge in [-0.25, -0.2) is 0 Å². The van der Waals surface area contributed by atoms with Gasteiger partial charge in [-0.05, 0) is 18.6 Å². The molecule has 1 aliphatic heterocycles. The molecule has 1 aromatic carbocycles. The van der Waals surface area contributed by atoms with Crippen LogP contribution in [0.4, 0.5) is 0 Å². The normalized spacial score (nSPS) is 15.4. The van der Waals surface area contributed by atoms with Crippen molar-refractivity contribution in [2.45, 2.75) is 19.6 Å². The second-order valence-corrected chi connectivity index (χ2v) is 3.59. The van der Waals surface area contributed by atoms with Crippen molar-refractivity contribution < 1.29 is 14.2 Å². The van der Waals surface area contributed by atoms with Gasteiger partial charge in [-0.2, -0.15) is 0 Å². The fourth-order valence-electron chi connectivity index (χ4n) is 1.77. The first-order valence-electron chi connectivity index (χ1n) is 4.90. The molecule has 0 spiro atoms. The molecule has 0 radical (unpaired) electrons. The Morgan fingerprint density at radius 1 is 1.47 bits per heavy atom. The molecule has 1 aliphatic rings. The van der Waals surface area contributed by atoms with Gasteiger partial charge in [0.2, 0.25) is 6.79 Å². The average Bonchev–Trinajstić information content (AvgIpc) is 2.66. The molecule has 0 bridgehead atoms. The molecule has 0 aliphatic carbocycles. The van der Waals surface area contributed by atoms with Crippen molar-refractivity contribution in [3.8, 4) is 11.5 Å². The molecule has 2 N–H and O–H groups in total. The lowest BCUT2D eigenvalue weighted by atomic mass is 10.0. The molecule has 0 aromatic heterocycles. The van der Waals surface area contributed by atoms with Crippen molar-refractivity contribution in [2.75, 3.05) is 13.9 Å². The van der Waals surface area contributed by atoms with Crippen LogP contribution in [0.1, 0.15) is 24.1 Å². The van der Waals surface area contributed by atoms with Crippen LogP contribution in [0.5, 0.6) is 11.5 Å². The lowest BCUT2D eigenvalue weighted by molar-refractivity contribution is 0.162. The van der Waals surface area contributed by atoms with Gasteiger partial charge in [-0.3, -0.25) is 0 Å². The summed E-state index contributed by atoms with van der Waals surface area (Å²) in [5.74, 6) is 1.54. The third kappa shape index (κ3) is 1.78. The van der Waals surface area contributed by atoms with Crippen molar-refractivity contribution >= 4 is 0 Å². The fourth-order valence-corrected chi connectivity index (χ4v) is 1.77. The van der Waals surface area contributed by atoms with Gasteiger partial charge in [0.25, 0.3) is 0 Å². The van der Waals surface area contributed by atoms with Crippen LogP contribution in [0, 0.1) is 0 Å². The number of nitrogens with two attached hydrogens (primary N) is 1. The minimum absolute atomic E-state index is 0.0374. The highest BCUT2D eigenvalue weighted by molar-refractivity contribution is 5.52. The van der Waals surface area contributed by atoms with Gasteiger partial charge >= 0.3 is 0 Å². The zero-order valence-corrected chi connectivity index (χ0v) is 8.95.